The molecule has 1 amide bonds. The Hall–Kier alpha value is -2.24. The fourth-order valence-electron chi connectivity index (χ4n) is 1.49. The molecule has 4 nitrogen and oxygen atoms in total. The molecule has 0 aliphatic carbocycles. The van der Waals surface area contributed by atoms with Crippen molar-refractivity contribution in [3.05, 3.63) is 57.3 Å². The molecule has 1 aromatic carbocycles. The highest BCUT2D eigenvalue weighted by Gasteiger charge is 2.10. The van der Waals surface area contributed by atoms with Gasteiger partial charge in [-0.05, 0) is 28.3 Å². The van der Waals surface area contributed by atoms with Crippen LogP contribution < -0.4 is 0 Å². The second-order valence-electron chi connectivity index (χ2n) is 3.58. The lowest BCUT2D eigenvalue weighted by Gasteiger charge is -2.01. The minimum Gasteiger partial charge on any atom is -0.286 e. The van der Waals surface area contributed by atoms with Crippen LogP contribution in [0.3, 0.4) is 0 Å². The van der Waals surface area contributed by atoms with E-state index in [0.717, 1.165) is 21.8 Å². The van der Waals surface area contributed by atoms with E-state index in [1.165, 1.54) is 18.2 Å². The van der Waals surface area contributed by atoms with Crippen LogP contribution in [0.2, 0.25) is 0 Å². The summed E-state index contributed by atoms with van der Waals surface area (Å²) >= 11 is 1.15. The lowest BCUT2D eigenvalue weighted by atomic mass is 10.1. The molecular weight excluding hydrogens is 272 g/mol. The van der Waals surface area contributed by atoms with Gasteiger partial charge < -0.3 is 0 Å². The number of carbonyl (C=O) groups is 1. The van der Waals surface area contributed by atoms with E-state index in [4.69, 9.17) is 5.53 Å². The van der Waals surface area contributed by atoms with E-state index in [2.05, 4.69) is 10.0 Å². The Kier molecular flexibility index (Phi) is 3.89. The van der Waals surface area contributed by atoms with Crippen molar-refractivity contribution in [3.8, 4) is 10.4 Å². The quantitative estimate of drug-likeness (QED) is 0.452. The summed E-state index contributed by atoms with van der Waals surface area (Å²) in [7, 11) is 0. The first-order valence-electron chi connectivity index (χ1n) is 5.19. The van der Waals surface area contributed by atoms with E-state index in [1.54, 1.807) is 18.2 Å². The second-order valence-corrected chi connectivity index (χ2v) is 4.66. The molecule has 96 valence electrons. The summed E-state index contributed by atoms with van der Waals surface area (Å²) in [5.74, 6) is -0.650. The van der Waals surface area contributed by atoms with E-state index in [1.807, 2.05) is 0 Å². The molecule has 0 aliphatic rings. The van der Waals surface area contributed by atoms with Gasteiger partial charge in [0.05, 0.1) is 4.88 Å². The first-order chi connectivity index (χ1) is 9.11. The summed E-state index contributed by atoms with van der Waals surface area (Å²) < 4.78 is 24.8. The zero-order chi connectivity index (χ0) is 13.8. The molecule has 0 unspecified atom stereocenters. The molecule has 19 heavy (non-hydrogen) atoms. The Balaban J connectivity index is 2.27. The van der Waals surface area contributed by atoms with Gasteiger partial charge in [0.25, 0.3) is 12.3 Å². The molecule has 1 aromatic heterocycles. The fourth-order valence-corrected chi connectivity index (χ4v) is 2.38. The van der Waals surface area contributed by atoms with Crippen LogP contribution in [-0.4, -0.2) is 5.91 Å². The largest absolute Gasteiger partial charge is 0.286 e. The number of benzene rings is 1. The highest BCUT2D eigenvalue weighted by molar-refractivity contribution is 7.17. The number of hydrogen-bond acceptors (Lipinski definition) is 2. The van der Waals surface area contributed by atoms with Gasteiger partial charge in [0.1, 0.15) is 0 Å². The molecule has 1 heterocycles. The van der Waals surface area contributed by atoms with Crippen LogP contribution in [0, 0.1) is 0 Å². The van der Waals surface area contributed by atoms with Crippen molar-refractivity contribution in [1.29, 1.82) is 0 Å². The molecular formula is C12H7F2N3OS. The molecule has 0 radical (unpaired) electrons. The van der Waals surface area contributed by atoms with Gasteiger partial charge in [-0.2, -0.15) is 0 Å². The molecule has 0 spiro atoms. The summed E-state index contributed by atoms with van der Waals surface area (Å²) in [6.07, 6.45) is -2.50. The molecule has 0 saturated heterocycles. The average molecular weight is 279 g/mol. The number of alkyl halides is 2. The molecule has 0 saturated carbocycles. The van der Waals surface area contributed by atoms with Gasteiger partial charge >= 0.3 is 0 Å². The summed E-state index contributed by atoms with van der Waals surface area (Å²) in [4.78, 5) is 14.8. The molecule has 0 bridgehead atoms. The number of azide groups is 1. The highest BCUT2D eigenvalue weighted by Crippen LogP contribution is 2.30. The lowest BCUT2D eigenvalue weighted by Crippen LogP contribution is -1.86. The van der Waals surface area contributed by atoms with E-state index in [9.17, 15) is 13.6 Å². The topological polar surface area (TPSA) is 65.8 Å². The summed E-state index contributed by atoms with van der Waals surface area (Å²) in [6, 6.07) is 9.04. The molecule has 0 N–H and O–H groups in total. The molecule has 2 rings (SSSR count). The minimum atomic E-state index is -2.50. The summed E-state index contributed by atoms with van der Waals surface area (Å²) in [5, 5.41) is 2.99. The number of carbonyl (C=O) groups excluding carboxylic acids is 1. The van der Waals surface area contributed by atoms with E-state index >= 15 is 0 Å². The van der Waals surface area contributed by atoms with E-state index < -0.39 is 12.3 Å². The summed E-state index contributed by atoms with van der Waals surface area (Å²) in [6.45, 7) is 0. The minimum absolute atomic E-state index is 0.0503. The number of halogens is 2. The Labute approximate surface area is 110 Å². The molecule has 7 heteroatoms. The van der Waals surface area contributed by atoms with Crippen LogP contribution in [0.4, 0.5) is 8.78 Å². The van der Waals surface area contributed by atoms with Gasteiger partial charge in [0, 0.05) is 15.4 Å². The second kappa shape index (κ2) is 5.60. The summed E-state index contributed by atoms with van der Waals surface area (Å²) in [5.41, 5.74) is 8.86. The van der Waals surface area contributed by atoms with Crippen LogP contribution in [0.15, 0.2) is 41.5 Å². The number of rotatable bonds is 3. The van der Waals surface area contributed by atoms with Crippen LogP contribution in [0.1, 0.15) is 21.7 Å². The van der Waals surface area contributed by atoms with E-state index in [-0.39, 0.29) is 5.56 Å². The van der Waals surface area contributed by atoms with Gasteiger partial charge in [-0.25, -0.2) is 8.78 Å². The maximum atomic E-state index is 12.4. The predicted molar refractivity (Wildman–Crippen MR) is 68.2 cm³/mol. The maximum absolute atomic E-state index is 12.4. The van der Waals surface area contributed by atoms with E-state index in [0.29, 0.717) is 4.88 Å². The standard InChI is InChI=1S/C12H7F2N3OS/c13-11(14)8-3-1-7(2-4-8)9-5-6-10(19-9)12(18)16-17-15/h1-6,11H. The first-order valence-corrected chi connectivity index (χ1v) is 6.01. The average Bonchev–Trinajstić information content (AvgIpc) is 2.89. The Morgan fingerprint density at radius 2 is 1.89 bits per heavy atom. The van der Waals surface area contributed by atoms with Crippen LogP contribution in [-0.2, 0) is 0 Å². The van der Waals surface area contributed by atoms with Crippen LogP contribution in [0.5, 0.6) is 0 Å². The number of nitrogens with zero attached hydrogens (tertiary/aromatic N) is 3. The zero-order valence-corrected chi connectivity index (χ0v) is 10.3. The maximum Gasteiger partial charge on any atom is 0.263 e. The van der Waals surface area contributed by atoms with Crippen molar-refractivity contribution in [3.63, 3.8) is 0 Å². The van der Waals surface area contributed by atoms with Crippen LogP contribution in [0.25, 0.3) is 20.9 Å². The van der Waals surface area contributed by atoms with Crippen molar-refractivity contribution < 1.29 is 13.6 Å². The zero-order valence-electron chi connectivity index (χ0n) is 9.46. The highest BCUT2D eigenvalue weighted by atomic mass is 32.1. The molecule has 2 aromatic rings. The lowest BCUT2D eigenvalue weighted by molar-refractivity contribution is 0.100. The predicted octanol–water partition coefficient (Wildman–Crippen LogP) is 4.80. The van der Waals surface area contributed by atoms with Crippen molar-refractivity contribution in [2.45, 2.75) is 6.43 Å². The van der Waals surface area contributed by atoms with Gasteiger partial charge in [-0.3, -0.25) is 4.79 Å². The fraction of sp³-hybridized carbons (Fsp3) is 0.0833. The van der Waals surface area contributed by atoms with Crippen molar-refractivity contribution in [2.24, 2.45) is 5.11 Å². The third-order valence-electron chi connectivity index (χ3n) is 2.40. The number of amides is 1. The monoisotopic (exact) mass is 279 g/mol. The Morgan fingerprint density at radius 1 is 1.21 bits per heavy atom. The van der Waals surface area contributed by atoms with Crippen LogP contribution >= 0.6 is 11.3 Å². The van der Waals surface area contributed by atoms with Gasteiger partial charge in [-0.1, -0.05) is 24.3 Å². The Bertz CT molecular complexity index is 645. The van der Waals surface area contributed by atoms with Crippen molar-refractivity contribution in [2.75, 3.05) is 0 Å². The number of hydrogen-bond donors (Lipinski definition) is 0. The third kappa shape index (κ3) is 2.96. The smallest absolute Gasteiger partial charge is 0.263 e. The SMILES string of the molecule is [N-]=[N+]=NC(=O)c1ccc(-c2ccc(C(F)F)cc2)s1. The van der Waals surface area contributed by atoms with Gasteiger partial charge in [0.2, 0.25) is 0 Å². The first kappa shape index (κ1) is 13.2. The molecule has 0 aliphatic heterocycles. The van der Waals surface area contributed by atoms with Gasteiger partial charge in [0.15, 0.2) is 0 Å². The molecule has 0 atom stereocenters. The van der Waals surface area contributed by atoms with Crippen molar-refractivity contribution in [1.82, 2.24) is 0 Å². The van der Waals surface area contributed by atoms with Crippen molar-refractivity contribution >= 4 is 17.2 Å². The normalized spacial score (nSPS) is 10.3. The number of thiophene rings is 1. The third-order valence-corrected chi connectivity index (χ3v) is 3.52. The van der Waals surface area contributed by atoms with Gasteiger partial charge in [-0.15, -0.1) is 11.3 Å². The Morgan fingerprint density at radius 3 is 2.47 bits per heavy atom. The molecule has 0 fully saturated rings.